The third-order valence-electron chi connectivity index (χ3n) is 14.5. The molecule has 0 radical (unpaired) electrons. The Kier molecular flexibility index (Phi) is 63.7. The van der Waals surface area contributed by atoms with E-state index in [4.69, 9.17) is 14.2 Å². The van der Waals surface area contributed by atoms with Gasteiger partial charge in [-0.2, -0.15) is 0 Å². The minimum Gasteiger partial charge on any atom is -0.462 e. The molecule has 79 heavy (non-hydrogen) atoms. The molecule has 0 aliphatic heterocycles. The highest BCUT2D eigenvalue weighted by Crippen LogP contribution is 2.16. The van der Waals surface area contributed by atoms with Gasteiger partial charge in [-0.1, -0.05) is 285 Å². The first-order chi connectivity index (χ1) is 39.0. The molecule has 0 aromatic rings. The fourth-order valence-electron chi connectivity index (χ4n) is 9.50. The first-order valence-corrected chi connectivity index (χ1v) is 33.7. The van der Waals surface area contributed by atoms with E-state index < -0.39 is 6.10 Å². The van der Waals surface area contributed by atoms with Crippen molar-refractivity contribution in [3.05, 3.63) is 97.2 Å². The third-order valence-corrected chi connectivity index (χ3v) is 14.5. The van der Waals surface area contributed by atoms with E-state index >= 15 is 0 Å². The zero-order chi connectivity index (χ0) is 57.1. The predicted octanol–water partition coefficient (Wildman–Crippen LogP) is 23.2. The van der Waals surface area contributed by atoms with Gasteiger partial charge in [0.05, 0.1) is 0 Å². The fraction of sp³-hybridized carbons (Fsp3) is 0.740. The van der Waals surface area contributed by atoms with Crippen molar-refractivity contribution in [2.24, 2.45) is 0 Å². The summed E-state index contributed by atoms with van der Waals surface area (Å²) in [5, 5.41) is 0. The largest absolute Gasteiger partial charge is 0.462 e. The lowest BCUT2D eigenvalue weighted by Crippen LogP contribution is -2.30. The summed E-state index contributed by atoms with van der Waals surface area (Å²) in [7, 11) is 0. The molecule has 454 valence electrons. The van der Waals surface area contributed by atoms with Gasteiger partial charge in [0.15, 0.2) is 6.10 Å². The highest BCUT2D eigenvalue weighted by molar-refractivity contribution is 5.71. The predicted molar refractivity (Wildman–Crippen MR) is 344 cm³/mol. The van der Waals surface area contributed by atoms with Gasteiger partial charge in [-0.25, -0.2) is 0 Å². The van der Waals surface area contributed by atoms with E-state index in [1.54, 1.807) is 0 Å². The van der Waals surface area contributed by atoms with Gasteiger partial charge < -0.3 is 14.2 Å². The van der Waals surface area contributed by atoms with Gasteiger partial charge in [0.1, 0.15) is 13.2 Å². The molecule has 0 spiro atoms. The second-order valence-electron chi connectivity index (χ2n) is 22.3. The highest BCUT2D eigenvalue weighted by atomic mass is 16.6. The van der Waals surface area contributed by atoms with Crippen molar-refractivity contribution in [3.63, 3.8) is 0 Å². The van der Waals surface area contributed by atoms with E-state index in [9.17, 15) is 14.4 Å². The van der Waals surface area contributed by atoms with Gasteiger partial charge in [-0.3, -0.25) is 14.4 Å². The molecule has 0 aliphatic carbocycles. The minimum absolute atomic E-state index is 0.0916. The van der Waals surface area contributed by atoms with E-state index in [-0.39, 0.29) is 37.5 Å². The van der Waals surface area contributed by atoms with Crippen molar-refractivity contribution in [2.75, 3.05) is 13.2 Å². The molecule has 0 N–H and O–H groups in total. The molecule has 0 aliphatic rings. The molecule has 0 fully saturated rings. The molecule has 0 aromatic carbocycles. The second-order valence-corrected chi connectivity index (χ2v) is 22.3. The molecular formula is C73H126O6. The molecule has 0 heterocycles. The van der Waals surface area contributed by atoms with Gasteiger partial charge >= 0.3 is 17.9 Å². The lowest BCUT2D eigenvalue weighted by Gasteiger charge is -2.18. The summed E-state index contributed by atoms with van der Waals surface area (Å²) in [6.07, 6.45) is 89.9. The SMILES string of the molecule is CC/C=C\C/C=C\C/C=C\C/C=C\C/C=C\CCCCCC(=O)OC(COC(=O)CCCCCCCCC/C=C\CCCCCCCC)COC(=O)CCCCCCCCCCCCCCC/C=C\C/C=C\CCCCCCC. The van der Waals surface area contributed by atoms with Crippen LogP contribution in [0.2, 0.25) is 0 Å². The van der Waals surface area contributed by atoms with E-state index in [1.165, 1.54) is 186 Å². The van der Waals surface area contributed by atoms with Gasteiger partial charge in [0, 0.05) is 19.3 Å². The van der Waals surface area contributed by atoms with Crippen molar-refractivity contribution in [3.8, 4) is 0 Å². The summed E-state index contributed by atoms with van der Waals surface area (Å²) in [4.78, 5) is 38.4. The van der Waals surface area contributed by atoms with Crippen LogP contribution in [0.5, 0.6) is 0 Å². The number of rotatable bonds is 61. The van der Waals surface area contributed by atoms with Crippen molar-refractivity contribution in [1.82, 2.24) is 0 Å². The highest BCUT2D eigenvalue weighted by Gasteiger charge is 2.19. The number of hydrogen-bond donors (Lipinski definition) is 0. The first-order valence-electron chi connectivity index (χ1n) is 33.7. The van der Waals surface area contributed by atoms with Crippen LogP contribution in [0.3, 0.4) is 0 Å². The quantitative estimate of drug-likeness (QED) is 0.0261. The Morgan fingerprint density at radius 1 is 0.266 bits per heavy atom. The number of carbonyl (C=O) groups excluding carboxylic acids is 3. The fourth-order valence-corrected chi connectivity index (χ4v) is 9.50. The smallest absolute Gasteiger partial charge is 0.306 e. The summed E-state index contributed by atoms with van der Waals surface area (Å²) in [6, 6.07) is 0. The molecule has 0 rings (SSSR count). The van der Waals surface area contributed by atoms with E-state index in [0.29, 0.717) is 12.8 Å². The van der Waals surface area contributed by atoms with Crippen LogP contribution in [0.1, 0.15) is 329 Å². The van der Waals surface area contributed by atoms with Gasteiger partial charge in [0.25, 0.3) is 0 Å². The maximum Gasteiger partial charge on any atom is 0.306 e. The van der Waals surface area contributed by atoms with Gasteiger partial charge in [-0.15, -0.1) is 0 Å². The number of unbranched alkanes of at least 4 members (excludes halogenated alkanes) is 34. The molecular weight excluding hydrogens is 973 g/mol. The topological polar surface area (TPSA) is 78.9 Å². The zero-order valence-corrected chi connectivity index (χ0v) is 52.1. The average molecular weight is 1100 g/mol. The van der Waals surface area contributed by atoms with Crippen molar-refractivity contribution < 1.29 is 28.6 Å². The number of hydrogen-bond acceptors (Lipinski definition) is 6. The molecule has 0 saturated carbocycles. The van der Waals surface area contributed by atoms with Crippen LogP contribution >= 0.6 is 0 Å². The Morgan fingerprint density at radius 2 is 0.494 bits per heavy atom. The molecule has 0 saturated heterocycles. The third kappa shape index (κ3) is 65.0. The zero-order valence-electron chi connectivity index (χ0n) is 52.1. The van der Waals surface area contributed by atoms with Crippen molar-refractivity contribution >= 4 is 17.9 Å². The summed E-state index contributed by atoms with van der Waals surface area (Å²) < 4.78 is 16.9. The van der Waals surface area contributed by atoms with E-state index in [2.05, 4.69) is 118 Å². The maximum atomic E-state index is 12.9. The lowest BCUT2D eigenvalue weighted by molar-refractivity contribution is -0.167. The lowest BCUT2D eigenvalue weighted by atomic mass is 10.0. The summed E-state index contributed by atoms with van der Waals surface area (Å²) in [5.41, 5.74) is 0. The van der Waals surface area contributed by atoms with E-state index in [1.807, 2.05) is 0 Å². The number of carbonyl (C=O) groups is 3. The van der Waals surface area contributed by atoms with Gasteiger partial charge in [-0.05, 0) is 122 Å². The van der Waals surface area contributed by atoms with Crippen molar-refractivity contribution in [1.29, 1.82) is 0 Å². The van der Waals surface area contributed by atoms with Crippen molar-refractivity contribution in [2.45, 2.75) is 335 Å². The van der Waals surface area contributed by atoms with Crippen LogP contribution in [0.4, 0.5) is 0 Å². The van der Waals surface area contributed by atoms with Crippen LogP contribution in [0, 0.1) is 0 Å². The van der Waals surface area contributed by atoms with Crippen LogP contribution < -0.4 is 0 Å². The first kappa shape index (κ1) is 75.3. The minimum atomic E-state index is -0.799. The number of allylic oxidation sites excluding steroid dienone is 16. The monoisotopic (exact) mass is 1100 g/mol. The Hall–Kier alpha value is -3.67. The van der Waals surface area contributed by atoms with Gasteiger partial charge in [0.2, 0.25) is 0 Å². The standard InChI is InChI=1S/C73H126O6/c1-4-7-10-13-16-19-22-25-28-31-33-34-35-36-37-38-40-42-45-48-51-54-57-60-63-66-72(75)78-69-70(68-77-71(74)65-62-59-56-53-50-47-44-41-30-27-24-21-18-15-12-9-6-3)79-73(76)67-64-61-58-55-52-49-46-43-39-32-29-26-23-20-17-14-11-8-5-2/h8,11,17,20,22,25-27,29-31,33,39,43,49,52,70H,4-7,9-10,12-16,18-19,21,23-24,28,32,34-38,40-42,44-48,50-51,53-69H2,1-3H3/b11-8-,20-17-,25-22-,29-26-,30-27-,33-31-,43-39-,52-49-. The number of esters is 3. The molecule has 0 aromatic heterocycles. The second kappa shape index (κ2) is 66.8. The van der Waals surface area contributed by atoms with Crippen LogP contribution in [0.15, 0.2) is 97.2 Å². The summed E-state index contributed by atoms with van der Waals surface area (Å²) in [6.45, 7) is 6.52. The Labute approximate surface area is 489 Å². The normalized spacial score (nSPS) is 12.7. The van der Waals surface area contributed by atoms with Crippen LogP contribution in [-0.4, -0.2) is 37.2 Å². The molecule has 1 unspecified atom stereocenters. The summed E-state index contributed by atoms with van der Waals surface area (Å²) in [5.74, 6) is -0.917. The molecule has 0 bridgehead atoms. The Morgan fingerprint density at radius 3 is 0.797 bits per heavy atom. The average Bonchev–Trinajstić information content (AvgIpc) is 3.45. The summed E-state index contributed by atoms with van der Waals surface area (Å²) >= 11 is 0. The molecule has 6 heteroatoms. The number of ether oxygens (including phenoxy) is 3. The Bertz CT molecular complexity index is 1540. The van der Waals surface area contributed by atoms with E-state index in [0.717, 1.165) is 103 Å². The molecule has 6 nitrogen and oxygen atoms in total. The molecule has 0 amide bonds. The van der Waals surface area contributed by atoms with Crippen LogP contribution in [-0.2, 0) is 28.6 Å². The Balaban J connectivity index is 4.39. The maximum absolute atomic E-state index is 12.9. The molecule has 1 atom stereocenters. The van der Waals surface area contributed by atoms with Crippen LogP contribution in [0.25, 0.3) is 0 Å².